The highest BCUT2D eigenvalue weighted by molar-refractivity contribution is 8.01. The standard InChI is InChI=1S/C19H14ClN5O5S3/c20-11-5-7-12(8-6-11)21-16(27)10-31-19-24-23-18(32-19)22-15(26)9-25-17(28)13-3-1-2-4-14(13)33(25,29)30/h1-8H,9-10H2,(H,21,27)(H,22,23,26). The molecule has 1 aliphatic rings. The quantitative estimate of drug-likeness (QED) is 0.356. The Morgan fingerprint density at radius 3 is 2.48 bits per heavy atom. The van der Waals surface area contributed by atoms with Crippen LogP contribution in [0.3, 0.4) is 0 Å². The second kappa shape index (κ2) is 9.47. The summed E-state index contributed by atoms with van der Waals surface area (Å²) in [5.74, 6) is -1.71. The van der Waals surface area contributed by atoms with Gasteiger partial charge in [-0.25, -0.2) is 12.7 Å². The summed E-state index contributed by atoms with van der Waals surface area (Å²) in [7, 11) is -4.09. The van der Waals surface area contributed by atoms with Crippen molar-refractivity contribution in [1.29, 1.82) is 0 Å². The molecule has 2 aromatic carbocycles. The van der Waals surface area contributed by atoms with E-state index in [1.54, 1.807) is 30.3 Å². The number of hydrogen-bond donors (Lipinski definition) is 2. The number of carbonyl (C=O) groups excluding carboxylic acids is 3. The summed E-state index contributed by atoms with van der Waals surface area (Å²) in [6, 6.07) is 12.4. The number of amides is 3. The van der Waals surface area contributed by atoms with Gasteiger partial charge in [-0.2, -0.15) is 0 Å². The van der Waals surface area contributed by atoms with E-state index < -0.39 is 28.4 Å². The van der Waals surface area contributed by atoms with E-state index in [1.807, 2.05) is 0 Å². The maximum Gasteiger partial charge on any atom is 0.269 e. The number of hydrogen-bond acceptors (Lipinski definition) is 9. The third-order valence-electron chi connectivity index (χ3n) is 4.31. The fraction of sp³-hybridized carbons (Fsp3) is 0.105. The van der Waals surface area contributed by atoms with E-state index in [9.17, 15) is 22.8 Å². The molecule has 1 aromatic heterocycles. The summed E-state index contributed by atoms with van der Waals surface area (Å²) in [5.41, 5.74) is 0.626. The molecule has 2 N–H and O–H groups in total. The van der Waals surface area contributed by atoms with E-state index >= 15 is 0 Å². The Labute approximate surface area is 201 Å². The second-order valence-corrected chi connectivity index (χ2v) is 11.0. The number of nitrogens with zero attached hydrogens (tertiary/aromatic N) is 3. The van der Waals surface area contributed by atoms with Gasteiger partial charge in [-0.3, -0.25) is 19.7 Å². The molecule has 10 nitrogen and oxygen atoms in total. The average molecular weight is 524 g/mol. The lowest BCUT2D eigenvalue weighted by molar-refractivity contribution is -0.116. The Bertz CT molecular complexity index is 1340. The molecule has 170 valence electrons. The zero-order valence-electron chi connectivity index (χ0n) is 16.5. The molecule has 4 rings (SSSR count). The topological polar surface area (TPSA) is 138 Å². The molecular formula is C19H14ClN5O5S3. The first-order valence-corrected chi connectivity index (χ1v) is 12.8. The van der Waals surface area contributed by atoms with Crippen LogP contribution < -0.4 is 10.6 Å². The molecule has 14 heteroatoms. The van der Waals surface area contributed by atoms with Gasteiger partial charge >= 0.3 is 0 Å². The van der Waals surface area contributed by atoms with Crippen LogP contribution in [0.4, 0.5) is 10.8 Å². The lowest BCUT2D eigenvalue weighted by atomic mass is 10.2. The Morgan fingerprint density at radius 1 is 1.03 bits per heavy atom. The summed E-state index contributed by atoms with van der Waals surface area (Å²) in [6.07, 6.45) is 0. The number of halogens is 1. The molecule has 1 aliphatic heterocycles. The molecule has 3 amide bonds. The van der Waals surface area contributed by atoms with Crippen LogP contribution in [-0.4, -0.2) is 52.9 Å². The fourth-order valence-corrected chi connectivity index (χ4v) is 6.07. The van der Waals surface area contributed by atoms with Crippen LogP contribution in [-0.2, 0) is 19.6 Å². The van der Waals surface area contributed by atoms with Crippen LogP contribution in [0.5, 0.6) is 0 Å². The maximum atomic E-state index is 12.5. The van der Waals surface area contributed by atoms with Gasteiger partial charge in [-0.15, -0.1) is 10.2 Å². The first-order valence-electron chi connectivity index (χ1n) is 9.22. The van der Waals surface area contributed by atoms with Crippen molar-refractivity contribution in [2.45, 2.75) is 9.24 Å². The molecule has 0 saturated heterocycles. The summed E-state index contributed by atoms with van der Waals surface area (Å²) in [5, 5.41) is 13.5. The van der Waals surface area contributed by atoms with Gasteiger partial charge in [0, 0.05) is 10.7 Å². The molecule has 0 aliphatic carbocycles. The summed E-state index contributed by atoms with van der Waals surface area (Å²) >= 11 is 7.94. The average Bonchev–Trinajstić information content (AvgIpc) is 3.30. The molecule has 0 unspecified atom stereocenters. The Kier molecular flexibility index (Phi) is 6.65. The van der Waals surface area contributed by atoms with Crippen molar-refractivity contribution < 1.29 is 22.8 Å². The first-order chi connectivity index (χ1) is 15.7. The number of fused-ring (bicyclic) bond motifs is 1. The van der Waals surface area contributed by atoms with Crippen molar-refractivity contribution in [2.24, 2.45) is 0 Å². The molecule has 33 heavy (non-hydrogen) atoms. The van der Waals surface area contributed by atoms with Gasteiger partial charge in [0.15, 0.2) is 4.34 Å². The second-order valence-electron chi connectivity index (χ2n) is 6.58. The van der Waals surface area contributed by atoms with Gasteiger partial charge in [0.25, 0.3) is 15.9 Å². The molecule has 0 atom stereocenters. The smallest absolute Gasteiger partial charge is 0.269 e. The van der Waals surface area contributed by atoms with Gasteiger partial charge in [-0.1, -0.05) is 46.8 Å². The summed E-state index contributed by atoms with van der Waals surface area (Å²) < 4.78 is 26.0. The number of nitrogens with one attached hydrogen (secondary N) is 2. The van der Waals surface area contributed by atoms with Crippen molar-refractivity contribution >= 4 is 73.3 Å². The number of anilines is 2. The minimum atomic E-state index is -4.09. The number of benzene rings is 2. The highest BCUT2D eigenvalue weighted by atomic mass is 35.5. The molecular weight excluding hydrogens is 510 g/mol. The van der Waals surface area contributed by atoms with Crippen molar-refractivity contribution in [1.82, 2.24) is 14.5 Å². The molecule has 0 spiro atoms. The zero-order valence-corrected chi connectivity index (χ0v) is 19.7. The predicted molar refractivity (Wildman–Crippen MR) is 124 cm³/mol. The van der Waals surface area contributed by atoms with Gasteiger partial charge in [0.1, 0.15) is 11.4 Å². The predicted octanol–water partition coefficient (Wildman–Crippen LogP) is 2.71. The highest BCUT2D eigenvalue weighted by Crippen LogP contribution is 2.30. The first kappa shape index (κ1) is 23.2. The maximum absolute atomic E-state index is 12.5. The third kappa shape index (κ3) is 5.16. The van der Waals surface area contributed by atoms with E-state index in [2.05, 4.69) is 20.8 Å². The van der Waals surface area contributed by atoms with Crippen molar-refractivity contribution in [3.8, 4) is 0 Å². The van der Waals surface area contributed by atoms with Crippen LogP contribution in [0.2, 0.25) is 5.02 Å². The van der Waals surface area contributed by atoms with Crippen molar-refractivity contribution in [3.63, 3.8) is 0 Å². The minimum Gasteiger partial charge on any atom is -0.325 e. The van der Waals surface area contributed by atoms with Crippen LogP contribution in [0.15, 0.2) is 57.8 Å². The van der Waals surface area contributed by atoms with Crippen LogP contribution >= 0.6 is 34.7 Å². The lowest BCUT2D eigenvalue weighted by Crippen LogP contribution is -2.37. The minimum absolute atomic E-state index is 0.0248. The van der Waals surface area contributed by atoms with Crippen LogP contribution in [0, 0.1) is 0 Å². The molecule has 0 saturated carbocycles. The largest absolute Gasteiger partial charge is 0.325 e. The Balaban J connectivity index is 1.30. The number of carbonyl (C=O) groups is 3. The Morgan fingerprint density at radius 2 is 1.76 bits per heavy atom. The number of thioether (sulfide) groups is 1. The molecule has 0 bridgehead atoms. The fourth-order valence-electron chi connectivity index (χ4n) is 2.85. The SMILES string of the molecule is O=C(CSc1nnc(NC(=O)CN2C(=O)c3ccccc3S2(=O)=O)s1)Nc1ccc(Cl)cc1. The van der Waals surface area contributed by atoms with Gasteiger partial charge in [0.2, 0.25) is 16.9 Å². The monoisotopic (exact) mass is 523 g/mol. The number of rotatable bonds is 7. The molecule has 3 aromatic rings. The van der Waals surface area contributed by atoms with Crippen molar-refractivity contribution in [2.75, 3.05) is 22.9 Å². The molecule has 0 fully saturated rings. The summed E-state index contributed by atoms with van der Waals surface area (Å²) in [6.45, 7) is -0.693. The van der Waals surface area contributed by atoms with E-state index in [0.29, 0.717) is 19.4 Å². The van der Waals surface area contributed by atoms with Gasteiger partial charge in [0.05, 0.1) is 11.3 Å². The van der Waals surface area contributed by atoms with E-state index in [1.165, 1.54) is 18.2 Å². The highest BCUT2D eigenvalue weighted by Gasteiger charge is 2.41. The zero-order chi connectivity index (χ0) is 23.6. The van der Waals surface area contributed by atoms with E-state index in [-0.39, 0.29) is 27.3 Å². The molecule has 2 heterocycles. The van der Waals surface area contributed by atoms with Crippen LogP contribution in [0.1, 0.15) is 10.4 Å². The van der Waals surface area contributed by atoms with Crippen LogP contribution in [0.25, 0.3) is 0 Å². The summed E-state index contributed by atoms with van der Waals surface area (Å²) in [4.78, 5) is 36.7. The normalized spacial score (nSPS) is 14.1. The molecule has 0 radical (unpaired) electrons. The third-order valence-corrected chi connectivity index (χ3v) is 8.32. The van der Waals surface area contributed by atoms with Gasteiger partial charge in [-0.05, 0) is 36.4 Å². The number of sulfonamides is 1. The van der Waals surface area contributed by atoms with Crippen molar-refractivity contribution in [3.05, 3.63) is 59.1 Å². The van der Waals surface area contributed by atoms with E-state index in [4.69, 9.17) is 11.6 Å². The number of aromatic nitrogens is 2. The Hall–Kier alpha value is -3.00. The van der Waals surface area contributed by atoms with Gasteiger partial charge < -0.3 is 5.32 Å². The van der Waals surface area contributed by atoms with E-state index in [0.717, 1.165) is 23.1 Å². The lowest BCUT2D eigenvalue weighted by Gasteiger charge is -2.13.